The third-order valence-electron chi connectivity index (χ3n) is 2.71. The number of benzene rings is 1. The van der Waals surface area contributed by atoms with E-state index in [1.807, 2.05) is 0 Å². The molecule has 7 nitrogen and oxygen atoms in total. The van der Waals surface area contributed by atoms with E-state index < -0.39 is 33.5 Å². The minimum atomic E-state index is -3.63. The molecule has 1 aromatic carbocycles. The zero-order chi connectivity index (χ0) is 15.5. The molecule has 0 radical (unpaired) electrons. The highest BCUT2D eigenvalue weighted by Crippen LogP contribution is 2.20. The molecular formula is C12H15NO6S. The first kappa shape index (κ1) is 16.0. The van der Waals surface area contributed by atoms with E-state index in [4.69, 9.17) is 5.11 Å². The van der Waals surface area contributed by atoms with Gasteiger partial charge in [0, 0.05) is 11.9 Å². The van der Waals surface area contributed by atoms with Gasteiger partial charge in [0.2, 0.25) is 5.91 Å². The maximum Gasteiger partial charge on any atom is 0.323 e. The van der Waals surface area contributed by atoms with Gasteiger partial charge in [0.15, 0.2) is 9.84 Å². The quantitative estimate of drug-likeness (QED) is 0.806. The number of carboxylic acids is 1. The number of phenols is 1. The van der Waals surface area contributed by atoms with E-state index in [0.29, 0.717) is 0 Å². The van der Waals surface area contributed by atoms with Gasteiger partial charge >= 0.3 is 5.97 Å². The summed E-state index contributed by atoms with van der Waals surface area (Å²) in [6.45, 7) is 0.538. The van der Waals surface area contributed by atoms with Crippen LogP contribution < -0.4 is 4.90 Å². The van der Waals surface area contributed by atoms with Crippen LogP contribution in [0.25, 0.3) is 0 Å². The summed E-state index contributed by atoms with van der Waals surface area (Å²) in [6.07, 6.45) is 0.908. The lowest BCUT2D eigenvalue weighted by molar-refractivity contribution is -0.136. The second-order valence-electron chi connectivity index (χ2n) is 4.31. The first-order valence-electron chi connectivity index (χ1n) is 5.64. The number of aliphatic carboxylic acids is 1. The van der Waals surface area contributed by atoms with E-state index in [0.717, 1.165) is 11.2 Å². The van der Waals surface area contributed by atoms with E-state index in [2.05, 4.69) is 0 Å². The number of hydrogen-bond acceptors (Lipinski definition) is 5. The fourth-order valence-electron chi connectivity index (χ4n) is 1.47. The average molecular weight is 301 g/mol. The summed E-state index contributed by atoms with van der Waals surface area (Å²) < 4.78 is 22.8. The number of carbonyl (C=O) groups is 2. The minimum absolute atomic E-state index is 0.0485. The Bertz CT molecular complexity index is 607. The van der Waals surface area contributed by atoms with Crippen LogP contribution in [0.15, 0.2) is 24.3 Å². The number of rotatable bonds is 5. The molecule has 0 heterocycles. The molecule has 0 aliphatic rings. The molecule has 0 saturated carbocycles. The van der Waals surface area contributed by atoms with Crippen LogP contribution in [-0.4, -0.2) is 48.6 Å². The Morgan fingerprint density at radius 1 is 1.25 bits per heavy atom. The van der Waals surface area contributed by atoms with E-state index >= 15 is 0 Å². The maximum absolute atomic E-state index is 12.1. The fraction of sp³-hybridized carbons (Fsp3) is 0.333. The number of anilines is 1. The highest BCUT2D eigenvalue weighted by Gasteiger charge is 2.30. The SMILES string of the molecule is CC(C(=O)N(CC(=O)O)c1ccc(O)cc1)S(C)(=O)=O. The molecule has 0 bridgehead atoms. The lowest BCUT2D eigenvalue weighted by Gasteiger charge is -2.23. The predicted octanol–water partition coefficient (Wildman–Crippen LogP) is 0.243. The normalized spacial score (nSPS) is 12.7. The average Bonchev–Trinajstić information content (AvgIpc) is 2.34. The minimum Gasteiger partial charge on any atom is -0.508 e. The Hall–Kier alpha value is -2.09. The predicted molar refractivity (Wildman–Crippen MR) is 72.4 cm³/mol. The Labute approximate surface area is 116 Å². The first-order valence-corrected chi connectivity index (χ1v) is 7.59. The number of amides is 1. The molecule has 1 amide bonds. The molecule has 0 spiro atoms. The lowest BCUT2D eigenvalue weighted by Crippen LogP contribution is -2.44. The second-order valence-corrected chi connectivity index (χ2v) is 6.67. The Kier molecular flexibility index (Phi) is 4.72. The molecule has 0 aliphatic carbocycles. The van der Waals surface area contributed by atoms with Crippen LogP contribution in [-0.2, 0) is 19.4 Å². The van der Waals surface area contributed by atoms with Gasteiger partial charge in [0.25, 0.3) is 0 Å². The van der Waals surface area contributed by atoms with Gasteiger partial charge < -0.3 is 15.1 Å². The van der Waals surface area contributed by atoms with Crippen molar-refractivity contribution in [2.24, 2.45) is 0 Å². The lowest BCUT2D eigenvalue weighted by atomic mass is 10.2. The standard InChI is InChI=1S/C12H15NO6S/c1-8(20(2,18)19)12(17)13(7-11(15)16)9-3-5-10(14)6-4-9/h3-6,8,14H,7H2,1-2H3,(H,15,16). The highest BCUT2D eigenvalue weighted by molar-refractivity contribution is 7.92. The van der Waals surface area contributed by atoms with E-state index in [1.165, 1.54) is 31.2 Å². The Morgan fingerprint density at radius 2 is 1.75 bits per heavy atom. The van der Waals surface area contributed by atoms with Crippen molar-refractivity contribution in [2.45, 2.75) is 12.2 Å². The number of carbonyl (C=O) groups excluding carboxylic acids is 1. The van der Waals surface area contributed by atoms with Crippen molar-refractivity contribution in [1.29, 1.82) is 0 Å². The molecule has 110 valence electrons. The van der Waals surface area contributed by atoms with Crippen LogP contribution >= 0.6 is 0 Å². The zero-order valence-electron chi connectivity index (χ0n) is 11.0. The topological polar surface area (TPSA) is 112 Å². The van der Waals surface area contributed by atoms with Crippen molar-refractivity contribution in [3.05, 3.63) is 24.3 Å². The number of sulfone groups is 1. The third kappa shape index (κ3) is 3.95. The maximum atomic E-state index is 12.1. The molecule has 2 N–H and O–H groups in total. The van der Waals surface area contributed by atoms with Gasteiger partial charge in [0.05, 0.1) is 0 Å². The Morgan fingerprint density at radius 3 is 2.15 bits per heavy atom. The third-order valence-corrected chi connectivity index (χ3v) is 4.20. The summed E-state index contributed by atoms with van der Waals surface area (Å²) >= 11 is 0. The summed E-state index contributed by atoms with van der Waals surface area (Å²) in [5.41, 5.74) is 0.200. The number of hydrogen-bond donors (Lipinski definition) is 2. The second kappa shape index (κ2) is 5.91. The smallest absolute Gasteiger partial charge is 0.323 e. The summed E-state index contributed by atoms with van der Waals surface area (Å²) in [5.74, 6) is -2.15. The Balaban J connectivity index is 3.16. The number of nitrogens with zero attached hydrogens (tertiary/aromatic N) is 1. The zero-order valence-corrected chi connectivity index (χ0v) is 11.8. The highest BCUT2D eigenvalue weighted by atomic mass is 32.2. The van der Waals surface area contributed by atoms with E-state index in [9.17, 15) is 23.1 Å². The van der Waals surface area contributed by atoms with Crippen LogP contribution in [0.2, 0.25) is 0 Å². The monoisotopic (exact) mass is 301 g/mol. The van der Waals surface area contributed by atoms with Crippen molar-refractivity contribution in [2.75, 3.05) is 17.7 Å². The number of aromatic hydroxyl groups is 1. The molecule has 0 saturated heterocycles. The van der Waals surface area contributed by atoms with Gasteiger partial charge in [-0.1, -0.05) is 0 Å². The molecule has 1 rings (SSSR count). The summed E-state index contributed by atoms with van der Waals surface area (Å²) in [7, 11) is -3.63. The molecule has 8 heteroatoms. The van der Waals surface area contributed by atoms with Crippen molar-refractivity contribution >= 4 is 27.4 Å². The van der Waals surface area contributed by atoms with Gasteiger partial charge in [-0.25, -0.2) is 8.42 Å². The van der Waals surface area contributed by atoms with E-state index in [1.54, 1.807) is 0 Å². The van der Waals surface area contributed by atoms with Gasteiger partial charge in [-0.05, 0) is 31.2 Å². The van der Waals surface area contributed by atoms with Crippen LogP contribution in [0.3, 0.4) is 0 Å². The van der Waals surface area contributed by atoms with Crippen molar-refractivity contribution in [3.8, 4) is 5.75 Å². The molecule has 20 heavy (non-hydrogen) atoms. The fourth-order valence-corrected chi connectivity index (χ4v) is 1.96. The molecule has 1 aromatic rings. The van der Waals surface area contributed by atoms with Crippen LogP contribution in [0, 0.1) is 0 Å². The molecule has 0 fully saturated rings. The van der Waals surface area contributed by atoms with Crippen molar-refractivity contribution in [3.63, 3.8) is 0 Å². The number of carboxylic acid groups (broad SMARTS) is 1. The molecular weight excluding hydrogens is 286 g/mol. The van der Waals surface area contributed by atoms with Crippen molar-refractivity contribution < 1.29 is 28.2 Å². The molecule has 0 aromatic heterocycles. The summed E-state index contributed by atoms with van der Waals surface area (Å²) in [4.78, 5) is 23.8. The molecule has 1 atom stereocenters. The van der Waals surface area contributed by atoms with Crippen LogP contribution in [0.5, 0.6) is 5.75 Å². The summed E-state index contributed by atoms with van der Waals surface area (Å²) in [6, 6.07) is 5.24. The molecule has 1 unspecified atom stereocenters. The van der Waals surface area contributed by atoms with Gasteiger partial charge in [-0.2, -0.15) is 0 Å². The van der Waals surface area contributed by atoms with Crippen LogP contribution in [0.1, 0.15) is 6.92 Å². The van der Waals surface area contributed by atoms with E-state index in [-0.39, 0.29) is 11.4 Å². The van der Waals surface area contributed by atoms with Crippen molar-refractivity contribution in [1.82, 2.24) is 0 Å². The first-order chi connectivity index (χ1) is 9.12. The largest absolute Gasteiger partial charge is 0.508 e. The van der Waals surface area contributed by atoms with Gasteiger partial charge in [-0.15, -0.1) is 0 Å². The molecule has 0 aliphatic heterocycles. The van der Waals surface area contributed by atoms with Gasteiger partial charge in [0.1, 0.15) is 17.5 Å². The van der Waals surface area contributed by atoms with Gasteiger partial charge in [-0.3, -0.25) is 9.59 Å². The number of phenolic OH excluding ortho intramolecular Hbond substituents is 1. The van der Waals surface area contributed by atoms with Crippen LogP contribution in [0.4, 0.5) is 5.69 Å². The summed E-state index contributed by atoms with van der Waals surface area (Å²) in [5, 5.41) is 16.7.